The number of anilines is 2. The van der Waals surface area contributed by atoms with Crippen molar-refractivity contribution >= 4 is 22.4 Å². The van der Waals surface area contributed by atoms with Crippen molar-refractivity contribution < 1.29 is 0 Å². The Kier molecular flexibility index (Phi) is 4.15. The van der Waals surface area contributed by atoms with Crippen molar-refractivity contribution in [3.63, 3.8) is 0 Å². The molecule has 138 valence electrons. The third kappa shape index (κ3) is 3.11. The number of aromatic nitrogens is 3. The molecule has 3 atom stereocenters. The van der Waals surface area contributed by atoms with E-state index in [-0.39, 0.29) is 6.04 Å². The van der Waals surface area contributed by atoms with Gasteiger partial charge in [0.25, 0.3) is 0 Å². The summed E-state index contributed by atoms with van der Waals surface area (Å²) in [5, 5.41) is 3.63. The molecule has 2 fully saturated rings. The summed E-state index contributed by atoms with van der Waals surface area (Å²) >= 11 is 0. The van der Waals surface area contributed by atoms with Crippen LogP contribution in [0.5, 0.6) is 0 Å². The maximum Gasteiger partial charge on any atom is 0.112 e. The average Bonchev–Trinajstić information content (AvgIpc) is 3.30. The summed E-state index contributed by atoms with van der Waals surface area (Å²) in [4.78, 5) is 16.0. The minimum absolute atomic E-state index is 0.179. The Hall–Kier alpha value is -2.69. The Balaban J connectivity index is 1.49. The molecule has 3 heterocycles. The molecular weight excluding hydrogens is 334 g/mol. The fourth-order valence-corrected chi connectivity index (χ4v) is 4.78. The predicted molar refractivity (Wildman–Crippen MR) is 109 cm³/mol. The Morgan fingerprint density at radius 1 is 1.07 bits per heavy atom. The minimum Gasteiger partial charge on any atom is -0.378 e. The van der Waals surface area contributed by atoms with Crippen LogP contribution in [0.25, 0.3) is 11.0 Å². The van der Waals surface area contributed by atoms with Crippen molar-refractivity contribution in [1.29, 1.82) is 0 Å². The number of hydrogen-bond donors (Lipinski definition) is 1. The van der Waals surface area contributed by atoms with Crippen molar-refractivity contribution in [3.8, 4) is 0 Å². The zero-order valence-electron chi connectivity index (χ0n) is 15.7. The van der Waals surface area contributed by atoms with Gasteiger partial charge in [-0.2, -0.15) is 0 Å². The number of hydrogen-bond acceptors (Lipinski definition) is 5. The lowest BCUT2D eigenvalue weighted by Gasteiger charge is -2.23. The van der Waals surface area contributed by atoms with Crippen molar-refractivity contribution in [2.45, 2.75) is 32.2 Å². The van der Waals surface area contributed by atoms with Gasteiger partial charge in [0, 0.05) is 43.6 Å². The molecule has 1 saturated carbocycles. The third-order valence-electron chi connectivity index (χ3n) is 6.19. The summed E-state index contributed by atoms with van der Waals surface area (Å²) in [7, 11) is 0. The number of nitrogens with one attached hydrogen (secondary N) is 1. The number of fused-ring (bicyclic) bond motifs is 2. The molecule has 27 heavy (non-hydrogen) atoms. The van der Waals surface area contributed by atoms with Gasteiger partial charge in [-0.15, -0.1) is 0 Å². The minimum atomic E-state index is 0.179. The summed E-state index contributed by atoms with van der Waals surface area (Å²) in [5.41, 5.74) is 5.45. The van der Waals surface area contributed by atoms with Crippen LogP contribution in [0, 0.1) is 11.8 Å². The maximum absolute atomic E-state index is 4.66. The molecule has 3 unspecified atom stereocenters. The first-order valence-corrected chi connectivity index (χ1v) is 9.94. The molecule has 0 amide bonds. The molecule has 5 heteroatoms. The van der Waals surface area contributed by atoms with Crippen LogP contribution in [0.2, 0.25) is 0 Å². The van der Waals surface area contributed by atoms with Gasteiger partial charge in [0.2, 0.25) is 0 Å². The molecule has 1 saturated heterocycles. The fraction of sp³-hybridized carbons (Fsp3) is 0.409. The quantitative estimate of drug-likeness (QED) is 0.747. The SMILES string of the molecule is CC(Nc1cc(N2CC3CCCC3C2)c2nccnc2c1)c1cccnc1. The lowest BCUT2D eigenvalue weighted by atomic mass is 10.0. The number of nitrogens with zero attached hydrogens (tertiary/aromatic N) is 4. The van der Waals surface area contributed by atoms with Crippen LogP contribution in [-0.4, -0.2) is 28.0 Å². The van der Waals surface area contributed by atoms with E-state index in [1.807, 2.05) is 18.5 Å². The molecule has 3 aromatic rings. The lowest BCUT2D eigenvalue weighted by molar-refractivity contribution is 0.494. The van der Waals surface area contributed by atoms with Crippen LogP contribution >= 0.6 is 0 Å². The summed E-state index contributed by atoms with van der Waals surface area (Å²) in [6.45, 7) is 4.47. The molecule has 1 N–H and O–H groups in total. The van der Waals surface area contributed by atoms with Crippen molar-refractivity contribution in [1.82, 2.24) is 15.0 Å². The summed E-state index contributed by atoms with van der Waals surface area (Å²) < 4.78 is 0. The zero-order valence-corrected chi connectivity index (χ0v) is 15.7. The topological polar surface area (TPSA) is 53.9 Å². The molecule has 2 aromatic heterocycles. The van der Waals surface area contributed by atoms with Crippen LogP contribution in [0.3, 0.4) is 0 Å². The molecule has 0 radical (unpaired) electrons. The van der Waals surface area contributed by atoms with E-state index < -0.39 is 0 Å². The van der Waals surface area contributed by atoms with Crippen LogP contribution in [0.1, 0.15) is 37.8 Å². The van der Waals surface area contributed by atoms with Gasteiger partial charge < -0.3 is 10.2 Å². The number of benzene rings is 1. The second-order valence-corrected chi connectivity index (χ2v) is 7.93. The van der Waals surface area contributed by atoms with Gasteiger partial charge in [0.05, 0.1) is 17.2 Å². The molecule has 5 nitrogen and oxygen atoms in total. The normalized spacial score (nSPS) is 22.8. The summed E-state index contributed by atoms with van der Waals surface area (Å²) in [6, 6.07) is 8.63. The van der Waals surface area contributed by atoms with E-state index in [0.29, 0.717) is 0 Å². The Morgan fingerprint density at radius 2 is 1.89 bits per heavy atom. The first-order chi connectivity index (χ1) is 13.3. The Bertz CT molecular complexity index is 930. The summed E-state index contributed by atoms with van der Waals surface area (Å²) in [6.07, 6.45) is 11.5. The highest BCUT2D eigenvalue weighted by atomic mass is 15.2. The Morgan fingerprint density at radius 3 is 2.67 bits per heavy atom. The smallest absolute Gasteiger partial charge is 0.112 e. The molecule has 0 spiro atoms. The highest BCUT2D eigenvalue weighted by Gasteiger charge is 2.36. The highest BCUT2D eigenvalue weighted by molar-refractivity contribution is 5.92. The first-order valence-electron chi connectivity index (χ1n) is 9.94. The van der Waals surface area contributed by atoms with Crippen LogP contribution in [0.15, 0.2) is 49.1 Å². The number of pyridine rings is 1. The molecule has 1 aromatic carbocycles. The van der Waals surface area contributed by atoms with E-state index in [1.165, 1.54) is 30.5 Å². The van der Waals surface area contributed by atoms with Gasteiger partial charge in [-0.25, -0.2) is 0 Å². The summed E-state index contributed by atoms with van der Waals surface area (Å²) in [5.74, 6) is 1.70. The van der Waals surface area contributed by atoms with Crippen LogP contribution < -0.4 is 10.2 Å². The lowest BCUT2D eigenvalue weighted by Crippen LogP contribution is -2.21. The van der Waals surface area contributed by atoms with E-state index >= 15 is 0 Å². The van der Waals surface area contributed by atoms with E-state index in [9.17, 15) is 0 Å². The van der Waals surface area contributed by atoms with Gasteiger partial charge >= 0.3 is 0 Å². The Labute approximate surface area is 159 Å². The second-order valence-electron chi connectivity index (χ2n) is 7.93. The van der Waals surface area contributed by atoms with Crippen molar-refractivity contribution in [3.05, 3.63) is 54.6 Å². The number of rotatable bonds is 4. The molecule has 1 aliphatic heterocycles. The average molecular weight is 359 g/mol. The highest BCUT2D eigenvalue weighted by Crippen LogP contribution is 2.41. The third-order valence-corrected chi connectivity index (χ3v) is 6.19. The van der Waals surface area contributed by atoms with E-state index in [1.54, 1.807) is 12.4 Å². The zero-order chi connectivity index (χ0) is 18.2. The van der Waals surface area contributed by atoms with Crippen molar-refractivity contribution in [2.75, 3.05) is 23.3 Å². The first kappa shape index (κ1) is 16.5. The van der Waals surface area contributed by atoms with Gasteiger partial charge in [-0.1, -0.05) is 12.5 Å². The van der Waals surface area contributed by atoms with Crippen molar-refractivity contribution in [2.24, 2.45) is 11.8 Å². The van der Waals surface area contributed by atoms with E-state index in [2.05, 4.69) is 50.3 Å². The van der Waals surface area contributed by atoms with Crippen LogP contribution in [0.4, 0.5) is 11.4 Å². The monoisotopic (exact) mass is 359 g/mol. The van der Waals surface area contributed by atoms with Gasteiger partial charge in [-0.05, 0) is 55.4 Å². The van der Waals surface area contributed by atoms with Gasteiger partial charge in [0.15, 0.2) is 0 Å². The molecule has 2 aliphatic rings. The standard InChI is InChI=1S/C22H25N5/c1-15(16-6-3-7-23-12-16)26-19-10-20-22(25-9-8-24-20)21(11-19)27-13-17-4-2-5-18(17)14-27/h3,6-12,15,17-18,26H,2,4-5,13-14H2,1H3. The largest absolute Gasteiger partial charge is 0.378 e. The van der Waals surface area contributed by atoms with E-state index in [0.717, 1.165) is 41.6 Å². The molecule has 0 bridgehead atoms. The molecular formula is C22H25N5. The molecule has 1 aliphatic carbocycles. The maximum atomic E-state index is 4.66. The fourth-order valence-electron chi connectivity index (χ4n) is 4.78. The molecule has 5 rings (SSSR count). The van der Waals surface area contributed by atoms with E-state index in [4.69, 9.17) is 0 Å². The predicted octanol–water partition coefficient (Wildman–Crippen LogP) is 4.43. The van der Waals surface area contributed by atoms with Crippen LogP contribution in [-0.2, 0) is 0 Å². The second kappa shape index (κ2) is 6.80. The van der Waals surface area contributed by atoms with Gasteiger partial charge in [0.1, 0.15) is 5.52 Å². The van der Waals surface area contributed by atoms with Gasteiger partial charge in [-0.3, -0.25) is 15.0 Å².